The number of hydrogen-bond acceptors (Lipinski definition) is 6. The topological polar surface area (TPSA) is 93.6 Å². The summed E-state index contributed by atoms with van der Waals surface area (Å²) in [7, 11) is 2.69. The molecule has 2 N–H and O–H groups in total. The number of methoxy groups -OCH3 is 2. The Labute approximate surface area is 192 Å². The fourth-order valence-corrected chi connectivity index (χ4v) is 3.06. The van der Waals surface area contributed by atoms with Gasteiger partial charge in [0.25, 0.3) is 11.8 Å². The summed E-state index contributed by atoms with van der Waals surface area (Å²) in [5.41, 5.74) is -2.40. The molecule has 0 bridgehead atoms. The Morgan fingerprint density at radius 3 is 2.21 bits per heavy atom. The molecular formula is C23H32F3N3O4. The Kier molecular flexibility index (Phi) is 9.65. The van der Waals surface area contributed by atoms with Gasteiger partial charge in [0.2, 0.25) is 5.60 Å². The summed E-state index contributed by atoms with van der Waals surface area (Å²) in [5.74, 6) is -0.745. The third-order valence-electron chi connectivity index (χ3n) is 5.05. The lowest BCUT2D eigenvalue weighted by Crippen LogP contribution is -2.51. The van der Waals surface area contributed by atoms with Crippen LogP contribution in [0.3, 0.4) is 0 Å². The van der Waals surface area contributed by atoms with Gasteiger partial charge in [0.15, 0.2) is 5.75 Å². The molecule has 1 amide bonds. The molecule has 2 aromatic rings. The maximum Gasteiger partial charge on any atom is 0.424 e. The molecule has 2 heterocycles. The molecule has 33 heavy (non-hydrogen) atoms. The van der Waals surface area contributed by atoms with Gasteiger partial charge < -0.3 is 19.9 Å². The van der Waals surface area contributed by atoms with E-state index in [9.17, 15) is 23.1 Å². The van der Waals surface area contributed by atoms with E-state index in [4.69, 9.17) is 9.47 Å². The fourth-order valence-electron chi connectivity index (χ4n) is 3.06. The molecule has 1 unspecified atom stereocenters. The Hall–Kier alpha value is -2.88. The molecule has 0 radical (unpaired) electrons. The largest absolute Gasteiger partial charge is 0.491 e. The molecule has 0 saturated carbocycles. The number of rotatable bonds is 7. The summed E-state index contributed by atoms with van der Waals surface area (Å²) in [5, 5.41) is 12.8. The van der Waals surface area contributed by atoms with Gasteiger partial charge in [0.1, 0.15) is 5.69 Å². The average Bonchev–Trinajstić information content (AvgIpc) is 2.78. The Balaban J connectivity index is 0.00000265. The van der Waals surface area contributed by atoms with E-state index in [2.05, 4.69) is 15.3 Å². The zero-order valence-electron chi connectivity index (χ0n) is 20.2. The highest BCUT2D eigenvalue weighted by Crippen LogP contribution is 2.39. The molecule has 0 aromatic carbocycles. The first-order valence-electron chi connectivity index (χ1n) is 10.5. The molecule has 7 nitrogen and oxygen atoms in total. The lowest BCUT2D eigenvalue weighted by molar-refractivity contribution is -0.265. The maximum absolute atomic E-state index is 13.9. The van der Waals surface area contributed by atoms with E-state index in [0.29, 0.717) is 11.3 Å². The molecule has 0 aliphatic rings. The number of nitrogens with one attached hydrogen (secondary N) is 1. The number of halogens is 3. The van der Waals surface area contributed by atoms with Crippen molar-refractivity contribution in [3.63, 3.8) is 0 Å². The quantitative estimate of drug-likeness (QED) is 0.620. The van der Waals surface area contributed by atoms with E-state index in [-0.39, 0.29) is 23.2 Å². The highest BCUT2D eigenvalue weighted by Gasteiger charge is 2.56. The molecule has 0 spiro atoms. The van der Waals surface area contributed by atoms with E-state index < -0.39 is 29.9 Å². The smallest absolute Gasteiger partial charge is 0.424 e. The number of aryl methyl sites for hydroxylation is 1. The van der Waals surface area contributed by atoms with Crippen molar-refractivity contribution in [1.82, 2.24) is 15.3 Å². The SMILES string of the molecule is CC.COc1ccc(C(=O)NCC(O)(c2cc(C(C)C)c(C)c(C)n2)C(F)(F)F)nc1OC. The Morgan fingerprint density at radius 2 is 1.73 bits per heavy atom. The molecule has 0 aliphatic heterocycles. The molecule has 1 atom stereocenters. The van der Waals surface area contributed by atoms with Crippen molar-refractivity contribution in [2.45, 2.75) is 59.2 Å². The highest BCUT2D eigenvalue weighted by atomic mass is 19.4. The molecule has 0 aliphatic carbocycles. The highest BCUT2D eigenvalue weighted by molar-refractivity contribution is 5.92. The van der Waals surface area contributed by atoms with Crippen molar-refractivity contribution in [2.24, 2.45) is 0 Å². The van der Waals surface area contributed by atoms with Crippen LogP contribution in [0.25, 0.3) is 0 Å². The Bertz CT molecular complexity index is 965. The maximum atomic E-state index is 13.9. The second-order valence-corrected chi connectivity index (χ2v) is 7.41. The van der Waals surface area contributed by atoms with Gasteiger partial charge in [-0.2, -0.15) is 13.2 Å². The molecular weight excluding hydrogens is 439 g/mol. The number of aliphatic hydroxyl groups is 1. The van der Waals surface area contributed by atoms with Crippen LogP contribution < -0.4 is 14.8 Å². The van der Waals surface area contributed by atoms with Crippen LogP contribution in [0.15, 0.2) is 18.2 Å². The van der Waals surface area contributed by atoms with Gasteiger partial charge in [-0.3, -0.25) is 9.78 Å². The lowest BCUT2D eigenvalue weighted by atomic mass is 9.91. The summed E-state index contributed by atoms with van der Waals surface area (Å²) in [6, 6.07) is 3.91. The van der Waals surface area contributed by atoms with E-state index >= 15 is 0 Å². The van der Waals surface area contributed by atoms with Crippen LogP contribution >= 0.6 is 0 Å². The van der Waals surface area contributed by atoms with E-state index in [1.54, 1.807) is 13.8 Å². The monoisotopic (exact) mass is 471 g/mol. The summed E-state index contributed by atoms with van der Waals surface area (Å²) in [4.78, 5) is 20.3. The number of nitrogens with zero attached hydrogens (tertiary/aromatic N) is 2. The van der Waals surface area contributed by atoms with Crippen molar-refractivity contribution >= 4 is 5.91 Å². The van der Waals surface area contributed by atoms with Crippen LogP contribution in [-0.4, -0.2) is 47.9 Å². The van der Waals surface area contributed by atoms with Crippen molar-refractivity contribution in [3.8, 4) is 11.6 Å². The molecule has 2 aromatic heterocycles. The van der Waals surface area contributed by atoms with Gasteiger partial charge in [-0.1, -0.05) is 27.7 Å². The minimum Gasteiger partial charge on any atom is -0.491 e. The lowest BCUT2D eigenvalue weighted by Gasteiger charge is -2.31. The molecule has 184 valence electrons. The fraction of sp³-hybridized carbons (Fsp3) is 0.522. The van der Waals surface area contributed by atoms with Crippen LogP contribution in [0.5, 0.6) is 11.6 Å². The molecule has 10 heteroatoms. The van der Waals surface area contributed by atoms with Gasteiger partial charge in [-0.15, -0.1) is 0 Å². The number of carbonyl (C=O) groups excluding carboxylic acids is 1. The average molecular weight is 472 g/mol. The van der Waals surface area contributed by atoms with Crippen molar-refractivity contribution in [2.75, 3.05) is 20.8 Å². The normalized spacial score (nSPS) is 13.0. The predicted molar refractivity (Wildman–Crippen MR) is 119 cm³/mol. The third-order valence-corrected chi connectivity index (χ3v) is 5.05. The molecule has 0 saturated heterocycles. The number of aromatic nitrogens is 2. The van der Waals surface area contributed by atoms with Crippen molar-refractivity contribution in [1.29, 1.82) is 0 Å². The zero-order chi connectivity index (χ0) is 25.6. The van der Waals surface area contributed by atoms with E-state index in [1.165, 1.54) is 32.4 Å². The van der Waals surface area contributed by atoms with Crippen LogP contribution in [0, 0.1) is 13.8 Å². The third kappa shape index (κ3) is 6.13. The minimum atomic E-state index is -5.09. The van der Waals surface area contributed by atoms with Gasteiger partial charge in [0.05, 0.1) is 26.5 Å². The molecule has 2 rings (SSSR count). The standard InChI is InChI=1S/C21H26F3N3O4.C2H6/c1-11(2)14-9-17(26-13(4)12(14)3)20(29,21(22,23)24)10-25-18(28)15-7-8-16(30-5)19(27-15)31-6;1-2/h7-9,11,29H,10H2,1-6H3,(H,25,28);1-2H3. The zero-order valence-corrected chi connectivity index (χ0v) is 20.2. The number of pyridine rings is 2. The predicted octanol–water partition coefficient (Wildman–Crippen LogP) is 4.44. The second kappa shape index (κ2) is 11.3. The number of hydrogen-bond donors (Lipinski definition) is 2. The minimum absolute atomic E-state index is 0.00126. The van der Waals surface area contributed by atoms with Gasteiger partial charge in [-0.25, -0.2) is 4.98 Å². The summed E-state index contributed by atoms with van der Waals surface area (Å²) >= 11 is 0. The van der Waals surface area contributed by atoms with E-state index in [1.807, 2.05) is 27.7 Å². The number of amides is 1. The van der Waals surface area contributed by atoms with Crippen LogP contribution in [-0.2, 0) is 5.60 Å². The number of carbonyl (C=O) groups is 1. The first kappa shape index (κ1) is 28.2. The van der Waals surface area contributed by atoms with Crippen LogP contribution in [0.1, 0.15) is 66.6 Å². The number of ether oxygens (including phenoxy) is 2. The van der Waals surface area contributed by atoms with Gasteiger partial charge in [0, 0.05) is 5.69 Å². The summed E-state index contributed by atoms with van der Waals surface area (Å²) < 4.78 is 51.8. The molecule has 0 fully saturated rings. The first-order valence-corrected chi connectivity index (χ1v) is 10.5. The van der Waals surface area contributed by atoms with Gasteiger partial charge in [-0.05, 0) is 49.1 Å². The van der Waals surface area contributed by atoms with Crippen molar-refractivity contribution < 1.29 is 32.5 Å². The van der Waals surface area contributed by atoms with Gasteiger partial charge >= 0.3 is 6.18 Å². The number of alkyl halides is 3. The summed E-state index contributed by atoms with van der Waals surface area (Å²) in [6.45, 7) is 9.87. The van der Waals surface area contributed by atoms with Crippen LogP contribution in [0.2, 0.25) is 0 Å². The van der Waals surface area contributed by atoms with E-state index in [0.717, 1.165) is 5.56 Å². The summed E-state index contributed by atoms with van der Waals surface area (Å²) in [6.07, 6.45) is -5.09. The Morgan fingerprint density at radius 1 is 1.12 bits per heavy atom. The second-order valence-electron chi connectivity index (χ2n) is 7.41. The van der Waals surface area contributed by atoms with Crippen molar-refractivity contribution in [3.05, 3.63) is 46.4 Å². The first-order chi connectivity index (χ1) is 15.4. The van der Waals surface area contributed by atoms with Crippen LogP contribution in [0.4, 0.5) is 13.2 Å².